The normalized spacial score (nSPS) is 21.5. The molecule has 3 aliphatic rings. The maximum Gasteiger partial charge on any atom is 0.261 e. The van der Waals surface area contributed by atoms with Crippen LogP contribution in [0.2, 0.25) is 5.02 Å². The lowest BCUT2D eigenvalue weighted by Crippen LogP contribution is -2.52. The molecule has 3 amide bonds. The molecular formula is C29H31ClN4O3. The molecule has 2 saturated heterocycles. The van der Waals surface area contributed by atoms with Crippen LogP contribution in [0.5, 0.6) is 0 Å². The van der Waals surface area contributed by atoms with E-state index in [0.29, 0.717) is 23.6 Å². The van der Waals surface area contributed by atoms with Crippen LogP contribution in [0, 0.1) is 6.57 Å². The number of rotatable bonds is 7. The zero-order valence-electron chi connectivity index (χ0n) is 20.8. The molecule has 1 unspecified atom stereocenters. The molecule has 1 N–H and O–H groups in total. The number of unbranched alkanes of at least 4 members (excludes halogenated alkanes) is 1. The van der Waals surface area contributed by atoms with Crippen LogP contribution in [0.3, 0.4) is 0 Å². The number of hydrogen-bond acceptors (Lipinski definition) is 4. The van der Waals surface area contributed by atoms with E-state index in [1.807, 2.05) is 36.4 Å². The van der Waals surface area contributed by atoms with Crippen molar-refractivity contribution in [2.75, 3.05) is 19.6 Å². The van der Waals surface area contributed by atoms with Crippen molar-refractivity contribution in [2.45, 2.75) is 63.1 Å². The maximum atomic E-state index is 13.0. The van der Waals surface area contributed by atoms with Crippen molar-refractivity contribution in [1.29, 1.82) is 0 Å². The van der Waals surface area contributed by atoms with Crippen LogP contribution in [0.4, 0.5) is 0 Å². The van der Waals surface area contributed by atoms with Gasteiger partial charge in [-0.1, -0.05) is 35.9 Å². The molecule has 192 valence electrons. The Kier molecular flexibility index (Phi) is 7.32. The van der Waals surface area contributed by atoms with Crippen molar-refractivity contribution >= 4 is 29.3 Å². The van der Waals surface area contributed by atoms with Gasteiger partial charge in [0.15, 0.2) is 0 Å². The minimum Gasteiger partial charge on any atom is -0.322 e. The Morgan fingerprint density at radius 1 is 1.05 bits per heavy atom. The summed E-state index contributed by atoms with van der Waals surface area (Å²) in [4.78, 5) is 45.0. The van der Waals surface area contributed by atoms with Crippen LogP contribution in [-0.4, -0.2) is 53.2 Å². The first-order valence-electron chi connectivity index (χ1n) is 13.0. The minimum absolute atomic E-state index is 0.124. The number of aryl methyl sites for hydroxylation is 1. The van der Waals surface area contributed by atoms with Gasteiger partial charge in [-0.2, -0.15) is 0 Å². The highest BCUT2D eigenvalue weighted by Gasteiger charge is 2.43. The van der Waals surface area contributed by atoms with Crippen molar-refractivity contribution in [3.8, 4) is 0 Å². The zero-order valence-corrected chi connectivity index (χ0v) is 21.6. The standard InChI is InChI=1S/C29H31ClN4O3/c1-31-29(23-10-2-3-11-24(23)30)14-17-33(18-15-29)16-5-4-7-20-8-6-9-21-22(20)19-34(28(21)37)25-12-13-26(35)32-27(25)36/h2-3,6,8-11,25H,4-5,7,12-19H2,(H,32,35,36). The van der Waals surface area contributed by atoms with Crippen LogP contribution < -0.4 is 5.32 Å². The Balaban J connectivity index is 1.14. The van der Waals surface area contributed by atoms with Crippen LogP contribution in [0.25, 0.3) is 4.85 Å². The fraction of sp³-hybridized carbons (Fsp3) is 0.448. The number of carbonyl (C=O) groups excluding carboxylic acids is 3. The summed E-state index contributed by atoms with van der Waals surface area (Å²) >= 11 is 6.42. The van der Waals surface area contributed by atoms with E-state index in [1.165, 1.54) is 0 Å². The Morgan fingerprint density at radius 2 is 1.84 bits per heavy atom. The minimum atomic E-state index is -0.585. The van der Waals surface area contributed by atoms with Gasteiger partial charge < -0.3 is 14.6 Å². The Hall–Kier alpha value is -3.21. The number of nitrogens with one attached hydrogen (secondary N) is 1. The first-order valence-corrected chi connectivity index (χ1v) is 13.4. The van der Waals surface area contributed by atoms with Crippen LogP contribution in [0.1, 0.15) is 65.6 Å². The van der Waals surface area contributed by atoms with E-state index in [1.54, 1.807) is 4.90 Å². The largest absolute Gasteiger partial charge is 0.322 e. The molecule has 0 spiro atoms. The predicted molar refractivity (Wildman–Crippen MR) is 141 cm³/mol. The van der Waals surface area contributed by atoms with Crippen molar-refractivity contribution in [3.05, 3.63) is 81.2 Å². The second-order valence-electron chi connectivity index (χ2n) is 10.3. The van der Waals surface area contributed by atoms with E-state index in [9.17, 15) is 14.4 Å². The molecule has 2 aromatic carbocycles. The highest BCUT2D eigenvalue weighted by Crippen LogP contribution is 2.40. The molecule has 7 nitrogen and oxygen atoms in total. The van der Waals surface area contributed by atoms with Gasteiger partial charge in [0.25, 0.3) is 11.4 Å². The average Bonchev–Trinajstić information content (AvgIpc) is 3.24. The van der Waals surface area contributed by atoms with Gasteiger partial charge in [-0.25, -0.2) is 6.57 Å². The molecule has 3 aliphatic heterocycles. The lowest BCUT2D eigenvalue weighted by molar-refractivity contribution is -0.136. The van der Waals surface area contributed by atoms with Crippen LogP contribution in [0.15, 0.2) is 42.5 Å². The molecule has 1 atom stereocenters. The molecule has 5 rings (SSSR count). The predicted octanol–water partition coefficient (Wildman–Crippen LogP) is 4.33. The SMILES string of the molecule is [C-]#[N+]C1(c2ccccc2Cl)CCN(CCCCc2cccc3c2CN(C2CCC(=O)NC2=O)C3=O)CC1. The number of fused-ring (bicyclic) bond motifs is 1. The number of halogens is 1. The summed E-state index contributed by atoms with van der Waals surface area (Å²) in [6.45, 7) is 11.0. The average molecular weight is 519 g/mol. The molecule has 0 aliphatic carbocycles. The molecule has 0 radical (unpaired) electrons. The number of nitrogens with zero attached hydrogens (tertiary/aromatic N) is 3. The van der Waals surface area contributed by atoms with Crippen molar-refractivity contribution in [1.82, 2.24) is 15.1 Å². The molecular weight excluding hydrogens is 488 g/mol. The van der Waals surface area contributed by atoms with Gasteiger partial charge in [0.05, 0.1) is 10.6 Å². The van der Waals surface area contributed by atoms with E-state index in [-0.39, 0.29) is 24.1 Å². The number of amides is 3. The number of carbonyl (C=O) groups is 3. The third kappa shape index (κ3) is 5.01. The molecule has 8 heteroatoms. The molecule has 0 aromatic heterocycles. The number of likely N-dealkylation sites (tertiary alicyclic amines) is 1. The van der Waals surface area contributed by atoms with Crippen molar-refractivity contribution < 1.29 is 14.4 Å². The van der Waals surface area contributed by atoms with Gasteiger partial charge >= 0.3 is 0 Å². The highest BCUT2D eigenvalue weighted by atomic mass is 35.5. The highest BCUT2D eigenvalue weighted by molar-refractivity contribution is 6.31. The van der Waals surface area contributed by atoms with Gasteiger partial charge in [0, 0.05) is 44.5 Å². The van der Waals surface area contributed by atoms with Gasteiger partial charge in [0.1, 0.15) is 6.04 Å². The van der Waals surface area contributed by atoms with Gasteiger partial charge in [-0.15, -0.1) is 0 Å². The topological polar surface area (TPSA) is 74.1 Å². The van der Waals surface area contributed by atoms with Crippen molar-refractivity contribution in [3.63, 3.8) is 0 Å². The Morgan fingerprint density at radius 3 is 2.57 bits per heavy atom. The number of imide groups is 1. The summed E-state index contributed by atoms with van der Waals surface area (Å²) in [6, 6.07) is 13.0. The van der Waals surface area contributed by atoms with Crippen molar-refractivity contribution in [2.24, 2.45) is 0 Å². The lowest BCUT2D eigenvalue weighted by Gasteiger charge is -2.34. The summed E-state index contributed by atoms with van der Waals surface area (Å²) in [5.41, 5.74) is 3.26. The number of benzene rings is 2. The van der Waals surface area contributed by atoms with Crippen LogP contribution >= 0.6 is 11.6 Å². The molecule has 0 saturated carbocycles. The summed E-state index contributed by atoms with van der Waals surface area (Å²) < 4.78 is 0. The molecule has 0 bridgehead atoms. The second kappa shape index (κ2) is 10.6. The first kappa shape index (κ1) is 25.4. The van der Waals surface area contributed by atoms with E-state index >= 15 is 0 Å². The van der Waals surface area contributed by atoms with Gasteiger partial charge in [0.2, 0.25) is 11.8 Å². The van der Waals surface area contributed by atoms with E-state index in [2.05, 4.69) is 21.1 Å². The third-order valence-electron chi connectivity index (χ3n) is 8.12. The van der Waals surface area contributed by atoms with E-state index in [0.717, 1.165) is 68.4 Å². The van der Waals surface area contributed by atoms with Gasteiger partial charge in [-0.3, -0.25) is 19.7 Å². The van der Waals surface area contributed by atoms with Gasteiger partial charge in [-0.05, 0) is 61.6 Å². The second-order valence-corrected chi connectivity index (χ2v) is 10.7. The molecule has 2 fully saturated rings. The third-order valence-corrected chi connectivity index (χ3v) is 8.45. The molecule has 37 heavy (non-hydrogen) atoms. The summed E-state index contributed by atoms with van der Waals surface area (Å²) in [5.74, 6) is -0.776. The smallest absolute Gasteiger partial charge is 0.261 e. The van der Waals surface area contributed by atoms with Crippen LogP contribution in [-0.2, 0) is 28.1 Å². The number of piperidine rings is 2. The quantitative estimate of drug-likeness (QED) is 0.336. The Bertz CT molecular complexity index is 1260. The zero-order chi connectivity index (χ0) is 26.0. The Labute approximate surface area is 222 Å². The monoisotopic (exact) mass is 518 g/mol. The fourth-order valence-corrected chi connectivity index (χ4v) is 6.27. The number of hydrogen-bond donors (Lipinski definition) is 1. The maximum absolute atomic E-state index is 13.0. The summed E-state index contributed by atoms with van der Waals surface area (Å²) in [7, 11) is 0. The molecule has 3 heterocycles. The van der Waals surface area contributed by atoms with E-state index < -0.39 is 11.6 Å². The fourth-order valence-electron chi connectivity index (χ4n) is 5.96. The summed E-state index contributed by atoms with van der Waals surface area (Å²) in [6.07, 6.45) is 5.11. The lowest BCUT2D eigenvalue weighted by atomic mass is 9.81. The van der Waals surface area contributed by atoms with E-state index in [4.69, 9.17) is 18.2 Å². The first-order chi connectivity index (χ1) is 17.9. The summed E-state index contributed by atoms with van der Waals surface area (Å²) in [5, 5.41) is 3.04. The molecule has 2 aromatic rings.